The Morgan fingerprint density at radius 2 is 2.35 bits per heavy atom. The molecule has 0 saturated carbocycles. The molecule has 2 aromatic rings. The molecule has 1 N–H and O–H groups in total. The summed E-state index contributed by atoms with van der Waals surface area (Å²) in [6.45, 7) is 5.87. The van der Waals surface area contributed by atoms with Gasteiger partial charge >= 0.3 is 0 Å². The minimum absolute atomic E-state index is 0.0329. The van der Waals surface area contributed by atoms with Gasteiger partial charge in [0.2, 0.25) is 0 Å². The number of hydrogen-bond acceptors (Lipinski definition) is 4. The van der Waals surface area contributed by atoms with E-state index in [1.165, 1.54) is 0 Å². The topological polar surface area (TPSA) is 49.6 Å². The van der Waals surface area contributed by atoms with Gasteiger partial charge in [0, 0.05) is 49.0 Å². The van der Waals surface area contributed by atoms with Gasteiger partial charge in [-0.25, -0.2) is 4.98 Å². The second kappa shape index (κ2) is 5.63. The van der Waals surface area contributed by atoms with Crippen LogP contribution in [0.5, 0.6) is 0 Å². The Kier molecular flexibility index (Phi) is 3.87. The third kappa shape index (κ3) is 2.92. The second-order valence-electron chi connectivity index (χ2n) is 5.25. The molecule has 0 bridgehead atoms. The van der Waals surface area contributed by atoms with E-state index in [1.807, 2.05) is 12.1 Å². The Bertz CT molecular complexity index is 684. The van der Waals surface area contributed by atoms with E-state index in [0.29, 0.717) is 11.7 Å². The van der Waals surface area contributed by atoms with E-state index in [-0.39, 0.29) is 5.56 Å². The summed E-state index contributed by atoms with van der Waals surface area (Å²) in [4.78, 5) is 19.0. The third-order valence-electron chi connectivity index (χ3n) is 3.52. The van der Waals surface area contributed by atoms with Gasteiger partial charge in [0.05, 0.1) is 5.69 Å². The van der Waals surface area contributed by atoms with Gasteiger partial charge < -0.3 is 5.32 Å². The van der Waals surface area contributed by atoms with Crippen molar-refractivity contribution in [3.8, 4) is 0 Å². The highest BCUT2D eigenvalue weighted by atomic mass is 79.9. The highest BCUT2D eigenvalue weighted by Gasteiger charge is 2.16. The lowest BCUT2D eigenvalue weighted by atomic mass is 10.2. The summed E-state index contributed by atoms with van der Waals surface area (Å²) in [7, 11) is 0. The summed E-state index contributed by atoms with van der Waals surface area (Å²) in [6, 6.07) is 5.88. The molecule has 1 saturated heterocycles. The number of nitrogens with zero attached hydrogens (tertiary/aromatic N) is 3. The highest BCUT2D eigenvalue weighted by molar-refractivity contribution is 9.10. The van der Waals surface area contributed by atoms with Crippen LogP contribution in [-0.2, 0) is 6.54 Å². The summed E-state index contributed by atoms with van der Waals surface area (Å²) < 4.78 is 2.44. The zero-order valence-electron chi connectivity index (χ0n) is 11.3. The van der Waals surface area contributed by atoms with Gasteiger partial charge in [-0.2, -0.15) is 0 Å². The van der Waals surface area contributed by atoms with Crippen LogP contribution in [0.4, 0.5) is 0 Å². The fourth-order valence-electron chi connectivity index (χ4n) is 2.59. The van der Waals surface area contributed by atoms with Crippen LogP contribution in [0, 0.1) is 0 Å². The van der Waals surface area contributed by atoms with Gasteiger partial charge in [-0.15, -0.1) is 0 Å². The van der Waals surface area contributed by atoms with Crippen LogP contribution in [0.2, 0.25) is 0 Å². The van der Waals surface area contributed by atoms with Crippen molar-refractivity contribution in [1.82, 2.24) is 19.6 Å². The van der Waals surface area contributed by atoms with E-state index in [9.17, 15) is 4.79 Å². The molecule has 1 fully saturated rings. The quantitative estimate of drug-likeness (QED) is 0.896. The minimum Gasteiger partial charge on any atom is -0.312 e. The standard InChI is InChI=1S/C14H17BrN4O/c1-10-7-18(5-4-16-10)9-12-6-14(20)19-8-11(15)2-3-13(19)17-12/h2-3,6,8,10,16H,4-5,7,9H2,1H3. The summed E-state index contributed by atoms with van der Waals surface area (Å²) in [5.74, 6) is 0. The van der Waals surface area contributed by atoms with Gasteiger partial charge in [-0.05, 0) is 35.0 Å². The molecule has 0 spiro atoms. The average Bonchev–Trinajstić information content (AvgIpc) is 2.40. The molecule has 1 aliphatic rings. The van der Waals surface area contributed by atoms with E-state index >= 15 is 0 Å². The molecule has 2 aromatic heterocycles. The van der Waals surface area contributed by atoms with Crippen molar-refractivity contribution in [1.29, 1.82) is 0 Å². The predicted octanol–water partition coefficient (Wildman–Crippen LogP) is 1.25. The summed E-state index contributed by atoms with van der Waals surface area (Å²) in [5.41, 5.74) is 1.50. The molecule has 0 aliphatic carbocycles. The van der Waals surface area contributed by atoms with E-state index < -0.39 is 0 Å². The molecule has 5 nitrogen and oxygen atoms in total. The van der Waals surface area contributed by atoms with Gasteiger partial charge in [0.25, 0.3) is 5.56 Å². The third-order valence-corrected chi connectivity index (χ3v) is 3.98. The number of piperazine rings is 1. The number of fused-ring (bicyclic) bond motifs is 1. The lowest BCUT2D eigenvalue weighted by Gasteiger charge is -2.31. The van der Waals surface area contributed by atoms with Gasteiger partial charge in [-0.1, -0.05) is 0 Å². The Hall–Kier alpha value is -1.24. The number of halogens is 1. The molecule has 0 radical (unpaired) electrons. The van der Waals surface area contributed by atoms with Crippen molar-refractivity contribution in [2.45, 2.75) is 19.5 Å². The number of hydrogen-bond donors (Lipinski definition) is 1. The van der Waals surface area contributed by atoms with Crippen LogP contribution < -0.4 is 10.9 Å². The molecule has 1 atom stereocenters. The Labute approximate surface area is 125 Å². The van der Waals surface area contributed by atoms with Gasteiger partial charge in [0.1, 0.15) is 5.65 Å². The molecular weight excluding hydrogens is 320 g/mol. The predicted molar refractivity (Wildman–Crippen MR) is 81.9 cm³/mol. The maximum atomic E-state index is 12.1. The van der Waals surface area contributed by atoms with Crippen LogP contribution in [0.3, 0.4) is 0 Å². The van der Waals surface area contributed by atoms with Crippen molar-refractivity contribution < 1.29 is 0 Å². The molecule has 106 valence electrons. The maximum absolute atomic E-state index is 12.1. The van der Waals surface area contributed by atoms with Gasteiger partial charge in [0.15, 0.2) is 0 Å². The van der Waals surface area contributed by atoms with Crippen molar-refractivity contribution in [3.05, 3.63) is 44.9 Å². The van der Waals surface area contributed by atoms with Crippen LogP contribution in [0.15, 0.2) is 33.7 Å². The van der Waals surface area contributed by atoms with E-state index in [0.717, 1.165) is 36.3 Å². The Balaban J connectivity index is 1.89. The van der Waals surface area contributed by atoms with Crippen LogP contribution >= 0.6 is 15.9 Å². The fraction of sp³-hybridized carbons (Fsp3) is 0.429. The fourth-order valence-corrected chi connectivity index (χ4v) is 2.93. The van der Waals surface area contributed by atoms with Crippen molar-refractivity contribution in [2.75, 3.05) is 19.6 Å². The lowest BCUT2D eigenvalue weighted by molar-refractivity contribution is 0.197. The number of aromatic nitrogens is 2. The molecule has 1 aliphatic heterocycles. The van der Waals surface area contributed by atoms with Gasteiger partial charge in [-0.3, -0.25) is 14.1 Å². The first-order chi connectivity index (χ1) is 9.61. The van der Waals surface area contributed by atoms with E-state index in [1.54, 1.807) is 16.7 Å². The smallest absolute Gasteiger partial charge is 0.258 e. The van der Waals surface area contributed by atoms with E-state index in [4.69, 9.17) is 0 Å². The van der Waals surface area contributed by atoms with E-state index in [2.05, 4.69) is 38.1 Å². The summed E-state index contributed by atoms with van der Waals surface area (Å²) in [5, 5.41) is 3.41. The maximum Gasteiger partial charge on any atom is 0.258 e. The molecular formula is C14H17BrN4O. The molecule has 0 amide bonds. The molecule has 6 heteroatoms. The molecule has 20 heavy (non-hydrogen) atoms. The monoisotopic (exact) mass is 336 g/mol. The summed E-state index contributed by atoms with van der Waals surface area (Å²) >= 11 is 3.37. The van der Waals surface area contributed by atoms with Crippen molar-refractivity contribution in [3.63, 3.8) is 0 Å². The van der Waals surface area contributed by atoms with Crippen LogP contribution in [0.1, 0.15) is 12.6 Å². The number of pyridine rings is 1. The first-order valence-electron chi connectivity index (χ1n) is 6.75. The average molecular weight is 337 g/mol. The zero-order valence-corrected chi connectivity index (χ0v) is 12.9. The van der Waals surface area contributed by atoms with Crippen LogP contribution in [0.25, 0.3) is 5.65 Å². The lowest BCUT2D eigenvalue weighted by Crippen LogP contribution is -2.48. The summed E-state index contributed by atoms with van der Waals surface area (Å²) in [6.07, 6.45) is 1.75. The second-order valence-corrected chi connectivity index (χ2v) is 6.17. The van der Waals surface area contributed by atoms with Crippen LogP contribution in [-0.4, -0.2) is 40.0 Å². The Morgan fingerprint density at radius 1 is 1.50 bits per heavy atom. The Morgan fingerprint density at radius 3 is 3.15 bits per heavy atom. The molecule has 1 unspecified atom stereocenters. The largest absolute Gasteiger partial charge is 0.312 e. The molecule has 3 rings (SSSR count). The molecule has 3 heterocycles. The normalized spacial score (nSPS) is 20.4. The number of nitrogens with one attached hydrogen (secondary N) is 1. The zero-order chi connectivity index (χ0) is 14.1. The minimum atomic E-state index is -0.0329. The molecule has 0 aromatic carbocycles. The SMILES string of the molecule is CC1CN(Cc2cc(=O)n3cc(Br)ccc3n2)CCN1. The number of rotatable bonds is 2. The van der Waals surface area contributed by atoms with Crippen molar-refractivity contribution in [2.24, 2.45) is 0 Å². The first kappa shape index (κ1) is 13.7. The highest BCUT2D eigenvalue weighted by Crippen LogP contribution is 2.10. The first-order valence-corrected chi connectivity index (χ1v) is 7.55. The van der Waals surface area contributed by atoms with Crippen molar-refractivity contribution >= 4 is 21.6 Å².